The number of thiophene rings is 2. The summed E-state index contributed by atoms with van der Waals surface area (Å²) in [4.78, 5) is 5.39. The number of rotatable bonds is 2. The third-order valence-corrected chi connectivity index (χ3v) is 3.87. The van der Waals surface area contributed by atoms with Gasteiger partial charge in [0.15, 0.2) is 0 Å². The second-order valence-electron chi connectivity index (χ2n) is 3.23. The van der Waals surface area contributed by atoms with Crippen molar-refractivity contribution >= 4 is 34.8 Å². The van der Waals surface area contributed by atoms with Crippen LogP contribution >= 0.6 is 22.7 Å². The van der Waals surface area contributed by atoms with Crippen molar-refractivity contribution in [3.63, 3.8) is 0 Å². The molecule has 0 nitrogen and oxygen atoms in total. The molecule has 0 aromatic carbocycles. The second kappa shape index (κ2) is 6.66. The van der Waals surface area contributed by atoms with E-state index < -0.39 is 0 Å². The average Bonchev–Trinajstić information content (AvgIpc) is 2.88. The third kappa shape index (κ3) is 3.95. The van der Waals surface area contributed by atoms with Gasteiger partial charge in [-0.25, -0.2) is 0 Å². The Morgan fingerprint density at radius 1 is 0.750 bits per heavy atom. The van der Waals surface area contributed by atoms with Crippen molar-refractivity contribution in [3.8, 4) is 0 Å². The molecule has 0 saturated heterocycles. The molecule has 0 aliphatic rings. The minimum Gasteiger partial charge on any atom is -0.141 e. The van der Waals surface area contributed by atoms with E-state index in [1.165, 1.54) is 19.5 Å². The van der Waals surface area contributed by atoms with E-state index in [2.05, 4.69) is 50.3 Å². The fourth-order valence-electron chi connectivity index (χ4n) is 1.25. The highest BCUT2D eigenvalue weighted by molar-refractivity contribution is 7.13. The molecule has 0 radical (unpaired) electrons. The lowest BCUT2D eigenvalue weighted by atomic mass is 10.3. The summed E-state index contributed by atoms with van der Waals surface area (Å²) in [5.74, 6) is 0. The van der Waals surface area contributed by atoms with Crippen molar-refractivity contribution in [2.24, 2.45) is 0 Å². The Labute approximate surface area is 106 Å². The monoisotopic (exact) mass is 250 g/mol. The smallest absolute Gasteiger partial charge is 0.0273 e. The molecule has 2 heteroatoms. The molecule has 2 aromatic rings. The Morgan fingerprint density at radius 3 is 1.38 bits per heavy atom. The van der Waals surface area contributed by atoms with Crippen molar-refractivity contribution in [2.75, 3.05) is 0 Å². The highest BCUT2D eigenvalue weighted by atomic mass is 32.1. The van der Waals surface area contributed by atoms with Crippen LogP contribution in [-0.2, 0) is 0 Å². The molecule has 86 valence electrons. The highest BCUT2D eigenvalue weighted by Crippen LogP contribution is 2.21. The Balaban J connectivity index is 0.000000606. The molecule has 0 aliphatic carbocycles. The van der Waals surface area contributed by atoms with E-state index in [1.807, 2.05) is 36.5 Å². The molecule has 16 heavy (non-hydrogen) atoms. The molecule has 0 bridgehead atoms. The van der Waals surface area contributed by atoms with Crippen molar-refractivity contribution in [1.29, 1.82) is 0 Å². The van der Waals surface area contributed by atoms with Crippen LogP contribution in [0.15, 0.2) is 24.3 Å². The molecular formula is C14H18S2. The largest absolute Gasteiger partial charge is 0.141 e. The van der Waals surface area contributed by atoms with E-state index in [4.69, 9.17) is 0 Å². The zero-order chi connectivity index (χ0) is 12.0. The van der Waals surface area contributed by atoms with Gasteiger partial charge < -0.3 is 0 Å². The Kier molecular flexibility index (Phi) is 5.50. The van der Waals surface area contributed by atoms with Crippen molar-refractivity contribution in [2.45, 2.75) is 27.7 Å². The van der Waals surface area contributed by atoms with Gasteiger partial charge in [-0.3, -0.25) is 0 Å². The molecular weight excluding hydrogens is 232 g/mol. The van der Waals surface area contributed by atoms with E-state index in [-0.39, 0.29) is 0 Å². The zero-order valence-corrected chi connectivity index (χ0v) is 11.9. The van der Waals surface area contributed by atoms with Gasteiger partial charge in [0.1, 0.15) is 0 Å². The summed E-state index contributed by atoms with van der Waals surface area (Å²) in [5, 5.41) is 0. The predicted octanol–water partition coefficient (Wildman–Crippen LogP) is 5.62. The standard InChI is InChI=1S/C12H12S2.C2H6/c1-9-3-5-11(13-9)7-8-12-6-4-10(2)14-12;1-2/h3-8H,1-2H3;1-2H3/b8-7+;. The van der Waals surface area contributed by atoms with E-state index in [9.17, 15) is 0 Å². The van der Waals surface area contributed by atoms with Crippen LogP contribution in [-0.4, -0.2) is 0 Å². The van der Waals surface area contributed by atoms with Gasteiger partial charge in [-0.05, 0) is 50.3 Å². The zero-order valence-electron chi connectivity index (χ0n) is 10.3. The summed E-state index contributed by atoms with van der Waals surface area (Å²) in [6, 6.07) is 8.64. The van der Waals surface area contributed by atoms with Gasteiger partial charge in [0.25, 0.3) is 0 Å². The molecule has 0 spiro atoms. The van der Waals surface area contributed by atoms with Gasteiger partial charge >= 0.3 is 0 Å². The Morgan fingerprint density at radius 2 is 1.12 bits per heavy atom. The van der Waals surface area contributed by atoms with Crippen molar-refractivity contribution < 1.29 is 0 Å². The molecule has 2 aromatic heterocycles. The maximum Gasteiger partial charge on any atom is 0.0273 e. The van der Waals surface area contributed by atoms with Crippen LogP contribution in [0.4, 0.5) is 0 Å². The number of aryl methyl sites for hydroxylation is 2. The van der Waals surface area contributed by atoms with Crippen LogP contribution in [0.25, 0.3) is 12.2 Å². The van der Waals surface area contributed by atoms with E-state index >= 15 is 0 Å². The molecule has 0 saturated carbocycles. The van der Waals surface area contributed by atoms with Crippen LogP contribution < -0.4 is 0 Å². The molecule has 0 N–H and O–H groups in total. The topological polar surface area (TPSA) is 0 Å². The maximum atomic E-state index is 2.18. The maximum absolute atomic E-state index is 2.18. The lowest BCUT2D eigenvalue weighted by Crippen LogP contribution is -1.57. The molecule has 0 aliphatic heterocycles. The first-order valence-electron chi connectivity index (χ1n) is 5.55. The minimum atomic E-state index is 1.33. The molecule has 0 amide bonds. The summed E-state index contributed by atoms with van der Waals surface area (Å²) >= 11 is 3.66. The number of hydrogen-bond acceptors (Lipinski definition) is 2. The van der Waals surface area contributed by atoms with Gasteiger partial charge in [0.2, 0.25) is 0 Å². The van der Waals surface area contributed by atoms with Crippen LogP contribution in [0.2, 0.25) is 0 Å². The normalized spacial score (nSPS) is 10.2. The fraction of sp³-hybridized carbons (Fsp3) is 0.286. The molecule has 0 atom stereocenters. The van der Waals surface area contributed by atoms with Gasteiger partial charge in [-0.2, -0.15) is 0 Å². The van der Waals surface area contributed by atoms with Gasteiger partial charge in [-0.15, -0.1) is 22.7 Å². The first-order chi connectivity index (χ1) is 7.74. The molecule has 2 heterocycles. The summed E-state index contributed by atoms with van der Waals surface area (Å²) in [6.45, 7) is 8.27. The SMILES string of the molecule is CC.Cc1ccc(/C=C/c2ccc(C)s2)s1. The first-order valence-corrected chi connectivity index (χ1v) is 7.18. The van der Waals surface area contributed by atoms with Gasteiger partial charge in [-0.1, -0.05) is 13.8 Å². The van der Waals surface area contributed by atoms with E-state index in [0.717, 1.165) is 0 Å². The van der Waals surface area contributed by atoms with E-state index in [0.29, 0.717) is 0 Å². The average molecular weight is 250 g/mol. The quantitative estimate of drug-likeness (QED) is 0.648. The first kappa shape index (κ1) is 13.2. The summed E-state index contributed by atoms with van der Waals surface area (Å²) in [5.41, 5.74) is 0. The summed E-state index contributed by atoms with van der Waals surface area (Å²) < 4.78 is 0. The van der Waals surface area contributed by atoms with E-state index in [1.54, 1.807) is 0 Å². The lowest BCUT2D eigenvalue weighted by molar-refractivity contribution is 1.50. The van der Waals surface area contributed by atoms with Crippen molar-refractivity contribution in [3.05, 3.63) is 43.8 Å². The van der Waals surface area contributed by atoms with Crippen LogP contribution in [0, 0.1) is 13.8 Å². The second-order valence-corrected chi connectivity index (χ2v) is 5.87. The minimum absolute atomic E-state index is 1.33. The van der Waals surface area contributed by atoms with Crippen LogP contribution in [0.3, 0.4) is 0 Å². The summed E-state index contributed by atoms with van der Waals surface area (Å²) in [6.07, 6.45) is 4.37. The van der Waals surface area contributed by atoms with Crippen LogP contribution in [0.5, 0.6) is 0 Å². The molecule has 0 fully saturated rings. The van der Waals surface area contributed by atoms with Gasteiger partial charge in [0, 0.05) is 19.5 Å². The third-order valence-electron chi connectivity index (χ3n) is 1.93. The van der Waals surface area contributed by atoms with Gasteiger partial charge in [0.05, 0.1) is 0 Å². The van der Waals surface area contributed by atoms with Crippen LogP contribution in [0.1, 0.15) is 33.4 Å². The molecule has 0 unspecified atom stereocenters. The lowest BCUT2D eigenvalue weighted by Gasteiger charge is -1.83. The Hall–Kier alpha value is -0.860. The number of hydrogen-bond donors (Lipinski definition) is 0. The summed E-state index contributed by atoms with van der Waals surface area (Å²) in [7, 11) is 0. The van der Waals surface area contributed by atoms with Crippen molar-refractivity contribution in [1.82, 2.24) is 0 Å². The molecule has 2 rings (SSSR count). The predicted molar refractivity (Wildman–Crippen MR) is 78.4 cm³/mol. The Bertz CT molecular complexity index is 405. The fourth-order valence-corrected chi connectivity index (χ4v) is 2.81. The highest BCUT2D eigenvalue weighted by Gasteiger charge is 1.93.